The van der Waals surface area contributed by atoms with Gasteiger partial charge in [-0.3, -0.25) is 0 Å². The largest absolute Gasteiger partial charge is 0.469 e. The fourth-order valence-electron chi connectivity index (χ4n) is 2.99. The van der Waals surface area contributed by atoms with E-state index in [1.54, 1.807) is 12.1 Å². The van der Waals surface area contributed by atoms with Crippen molar-refractivity contribution in [2.45, 2.75) is 71.4 Å². The molecule has 1 N–H and O–H groups in total. The fraction of sp³-hybridized carbons (Fsp3) is 0.571. The molecule has 176 valence electrons. The molecule has 1 amide bonds. The SMILES string of the molecule is C=Cc1ccccc1OC(=O)NCCC[Si](O[Si](C)(C)C)(O[Si](C)(C)C)O[Si](C)(C)C. The molecule has 0 unspecified atom stereocenters. The molecule has 1 aromatic carbocycles. The molecule has 0 aliphatic carbocycles. The summed E-state index contributed by atoms with van der Waals surface area (Å²) in [6.45, 7) is 23.7. The van der Waals surface area contributed by atoms with E-state index in [2.05, 4.69) is 70.8 Å². The second kappa shape index (κ2) is 11.2. The van der Waals surface area contributed by atoms with Gasteiger partial charge in [0.2, 0.25) is 0 Å². The maximum Gasteiger partial charge on any atom is 0.469 e. The summed E-state index contributed by atoms with van der Waals surface area (Å²) >= 11 is 0. The summed E-state index contributed by atoms with van der Waals surface area (Å²) in [6, 6.07) is 7.98. The molecule has 0 atom stereocenters. The highest BCUT2D eigenvalue weighted by atomic mass is 28.5. The second-order valence-electron chi connectivity index (χ2n) is 10.5. The first-order valence-corrected chi connectivity index (χ1v) is 23.0. The molecule has 0 radical (unpaired) electrons. The van der Waals surface area contributed by atoms with Crippen LogP contribution in [0.1, 0.15) is 12.0 Å². The lowest BCUT2D eigenvalue weighted by Gasteiger charge is -2.42. The molecule has 6 nitrogen and oxygen atoms in total. The average Bonchev–Trinajstić information content (AvgIpc) is 2.54. The van der Waals surface area contributed by atoms with Crippen LogP contribution in [0, 0.1) is 0 Å². The summed E-state index contributed by atoms with van der Waals surface area (Å²) in [5.41, 5.74) is 0.777. The Morgan fingerprint density at radius 3 is 1.84 bits per heavy atom. The van der Waals surface area contributed by atoms with Crippen LogP contribution in [-0.2, 0) is 12.3 Å². The van der Waals surface area contributed by atoms with Gasteiger partial charge >= 0.3 is 14.9 Å². The second-order valence-corrected chi connectivity index (χ2v) is 27.5. The van der Waals surface area contributed by atoms with Crippen molar-refractivity contribution in [3.05, 3.63) is 36.4 Å². The average molecular weight is 500 g/mol. The zero-order valence-electron chi connectivity index (χ0n) is 20.8. The standard InChI is InChI=1S/C21H41NO5Si4/c1-11-19-15-12-13-16-20(19)24-21(23)22-17-14-18-31(25-28(2,3)4,26-29(5,6)7)27-30(8,9)10/h11-13,15-16H,1,14,17-18H2,2-10H3,(H,22,23). The van der Waals surface area contributed by atoms with Crippen LogP contribution in [0.2, 0.25) is 65.0 Å². The van der Waals surface area contributed by atoms with Crippen molar-refractivity contribution in [3.8, 4) is 5.75 Å². The van der Waals surface area contributed by atoms with Gasteiger partial charge in [-0.1, -0.05) is 30.9 Å². The van der Waals surface area contributed by atoms with Gasteiger partial charge < -0.3 is 22.4 Å². The number of nitrogens with one attached hydrogen (secondary N) is 1. The topological polar surface area (TPSA) is 66.0 Å². The van der Waals surface area contributed by atoms with Crippen molar-refractivity contribution in [1.29, 1.82) is 0 Å². The van der Waals surface area contributed by atoms with Crippen LogP contribution in [0.25, 0.3) is 6.08 Å². The van der Waals surface area contributed by atoms with E-state index in [1.165, 1.54) is 0 Å². The Bertz CT molecular complexity index is 698. The molecule has 0 aliphatic rings. The summed E-state index contributed by atoms with van der Waals surface area (Å²) in [5, 5.41) is 2.84. The Kier molecular flexibility index (Phi) is 10.1. The lowest BCUT2D eigenvalue weighted by atomic mass is 10.2. The lowest BCUT2D eigenvalue weighted by Crippen LogP contribution is -2.60. The van der Waals surface area contributed by atoms with Crippen molar-refractivity contribution in [1.82, 2.24) is 5.32 Å². The van der Waals surface area contributed by atoms with Crippen molar-refractivity contribution >= 4 is 45.9 Å². The smallest absolute Gasteiger partial charge is 0.417 e. The summed E-state index contributed by atoms with van der Waals surface area (Å²) < 4.78 is 25.4. The van der Waals surface area contributed by atoms with E-state index in [0.29, 0.717) is 24.8 Å². The Labute approximate surface area is 193 Å². The molecule has 1 aromatic rings. The number of rotatable bonds is 12. The minimum absolute atomic E-state index is 0.461. The minimum Gasteiger partial charge on any atom is -0.417 e. The van der Waals surface area contributed by atoms with E-state index < -0.39 is 39.8 Å². The molecule has 0 fully saturated rings. The Hall–Kier alpha value is -1.02. The van der Waals surface area contributed by atoms with E-state index >= 15 is 0 Å². The lowest BCUT2D eigenvalue weighted by molar-refractivity contribution is 0.199. The number of carbonyl (C=O) groups excluding carboxylic acids is 1. The number of hydrogen-bond donors (Lipinski definition) is 1. The molecule has 0 aromatic heterocycles. The zero-order chi connectivity index (χ0) is 23.9. The Balaban J connectivity index is 2.82. The van der Waals surface area contributed by atoms with Crippen molar-refractivity contribution in [3.63, 3.8) is 0 Å². The van der Waals surface area contributed by atoms with Gasteiger partial charge in [-0.25, -0.2) is 4.79 Å². The van der Waals surface area contributed by atoms with Gasteiger partial charge in [0.15, 0.2) is 25.0 Å². The molecule has 0 saturated heterocycles. The van der Waals surface area contributed by atoms with Gasteiger partial charge in [-0.2, -0.15) is 0 Å². The highest BCUT2D eigenvalue weighted by Crippen LogP contribution is 2.29. The maximum atomic E-state index is 12.3. The van der Waals surface area contributed by atoms with Crippen molar-refractivity contribution < 1.29 is 21.9 Å². The van der Waals surface area contributed by atoms with Crippen LogP contribution in [-0.4, -0.2) is 46.4 Å². The van der Waals surface area contributed by atoms with Gasteiger partial charge in [-0.15, -0.1) is 0 Å². The molecule has 1 rings (SSSR count). The van der Waals surface area contributed by atoms with E-state index in [9.17, 15) is 4.79 Å². The minimum atomic E-state index is -2.88. The Morgan fingerprint density at radius 1 is 0.903 bits per heavy atom. The quantitative estimate of drug-likeness (QED) is 0.270. The van der Waals surface area contributed by atoms with Crippen LogP contribution in [0.5, 0.6) is 5.75 Å². The van der Waals surface area contributed by atoms with Crippen LogP contribution in [0.3, 0.4) is 0 Å². The monoisotopic (exact) mass is 499 g/mol. The van der Waals surface area contributed by atoms with Gasteiger partial charge in [0.25, 0.3) is 0 Å². The maximum absolute atomic E-state index is 12.3. The van der Waals surface area contributed by atoms with Crippen molar-refractivity contribution in [2.24, 2.45) is 0 Å². The predicted octanol–water partition coefficient (Wildman–Crippen LogP) is 6.30. The molecular formula is C21H41NO5Si4. The van der Waals surface area contributed by atoms with Gasteiger partial charge in [0.1, 0.15) is 5.75 Å². The summed E-state index contributed by atoms with van der Waals surface area (Å²) in [5.74, 6) is 0.491. The summed E-state index contributed by atoms with van der Waals surface area (Å²) in [4.78, 5) is 12.3. The number of hydrogen-bond acceptors (Lipinski definition) is 5. The van der Waals surface area contributed by atoms with Gasteiger partial charge in [-0.05, 0) is 71.4 Å². The van der Waals surface area contributed by atoms with E-state index in [-0.39, 0.29) is 0 Å². The number of amides is 1. The van der Waals surface area contributed by atoms with Crippen LogP contribution in [0.15, 0.2) is 30.8 Å². The molecule has 0 spiro atoms. The van der Waals surface area contributed by atoms with Crippen LogP contribution >= 0.6 is 0 Å². The van der Waals surface area contributed by atoms with E-state index in [4.69, 9.17) is 17.1 Å². The predicted molar refractivity (Wildman–Crippen MR) is 139 cm³/mol. The van der Waals surface area contributed by atoms with Gasteiger partial charge in [0.05, 0.1) is 0 Å². The van der Waals surface area contributed by atoms with E-state index in [1.807, 2.05) is 18.2 Å². The number of benzene rings is 1. The van der Waals surface area contributed by atoms with Crippen molar-refractivity contribution in [2.75, 3.05) is 6.54 Å². The number of para-hydroxylation sites is 1. The highest BCUT2D eigenvalue weighted by molar-refractivity contribution is 6.90. The first-order valence-electron chi connectivity index (χ1n) is 10.8. The molecule has 10 heteroatoms. The third kappa shape index (κ3) is 12.0. The Morgan fingerprint density at radius 2 is 1.39 bits per heavy atom. The highest BCUT2D eigenvalue weighted by Gasteiger charge is 2.49. The third-order valence-corrected chi connectivity index (χ3v) is 15.7. The molecule has 31 heavy (non-hydrogen) atoms. The zero-order valence-corrected chi connectivity index (χ0v) is 24.8. The molecular weight excluding hydrogens is 459 g/mol. The first-order chi connectivity index (χ1) is 14.0. The normalized spacial score (nSPS) is 13.1. The third-order valence-electron chi connectivity index (χ3n) is 3.66. The van der Waals surface area contributed by atoms with Gasteiger partial charge in [0, 0.05) is 18.2 Å². The van der Waals surface area contributed by atoms with E-state index in [0.717, 1.165) is 5.56 Å². The first kappa shape index (κ1) is 28.0. The summed E-state index contributed by atoms with van der Waals surface area (Å²) in [6.07, 6.45) is 1.88. The molecule has 0 aliphatic heterocycles. The molecule has 0 heterocycles. The summed E-state index contributed by atoms with van der Waals surface area (Å²) in [7, 11) is -8.59. The molecule has 0 saturated carbocycles. The van der Waals surface area contributed by atoms with Crippen LogP contribution in [0.4, 0.5) is 4.79 Å². The number of carbonyl (C=O) groups is 1. The number of ether oxygens (including phenoxy) is 1. The molecule has 0 bridgehead atoms. The fourth-order valence-corrected chi connectivity index (χ4v) is 17.6. The van der Waals surface area contributed by atoms with Crippen LogP contribution < -0.4 is 10.1 Å².